The summed E-state index contributed by atoms with van der Waals surface area (Å²) >= 11 is 0. The van der Waals surface area contributed by atoms with Gasteiger partial charge in [0.1, 0.15) is 12.2 Å². The summed E-state index contributed by atoms with van der Waals surface area (Å²) < 4.78 is 9.93. The molecule has 0 aliphatic heterocycles. The standard InChI is InChI=1S/C9H16O3/c1-4-8(11-5-2)7-9(10)12-6-3/h4H,5-7H2,1-3H3. The van der Waals surface area contributed by atoms with E-state index in [1.165, 1.54) is 0 Å². The van der Waals surface area contributed by atoms with Crippen LogP contribution in [0.15, 0.2) is 11.8 Å². The first-order valence-electron chi connectivity index (χ1n) is 4.18. The summed E-state index contributed by atoms with van der Waals surface area (Å²) in [4.78, 5) is 10.9. The molecule has 0 aromatic carbocycles. The summed E-state index contributed by atoms with van der Waals surface area (Å²) in [7, 11) is 0. The Kier molecular flexibility index (Phi) is 6.15. The average molecular weight is 172 g/mol. The van der Waals surface area contributed by atoms with E-state index in [1.807, 2.05) is 13.8 Å². The van der Waals surface area contributed by atoms with E-state index < -0.39 is 0 Å². The highest BCUT2D eigenvalue weighted by Crippen LogP contribution is 2.04. The molecule has 0 aliphatic carbocycles. The van der Waals surface area contributed by atoms with Gasteiger partial charge >= 0.3 is 5.97 Å². The second-order valence-electron chi connectivity index (χ2n) is 2.17. The smallest absolute Gasteiger partial charge is 0.313 e. The molecule has 0 fully saturated rings. The van der Waals surface area contributed by atoms with Gasteiger partial charge in [-0.3, -0.25) is 4.79 Å². The van der Waals surface area contributed by atoms with Crippen molar-refractivity contribution in [3.8, 4) is 0 Å². The van der Waals surface area contributed by atoms with Crippen molar-refractivity contribution in [3.63, 3.8) is 0 Å². The molecule has 0 unspecified atom stereocenters. The summed E-state index contributed by atoms with van der Waals surface area (Å²) in [5.41, 5.74) is 0. The van der Waals surface area contributed by atoms with E-state index in [0.717, 1.165) is 0 Å². The Balaban J connectivity index is 3.78. The first kappa shape index (κ1) is 11.0. The molecule has 0 atom stereocenters. The number of carbonyl (C=O) groups is 1. The Hall–Kier alpha value is -0.990. The van der Waals surface area contributed by atoms with Gasteiger partial charge in [0.2, 0.25) is 0 Å². The number of allylic oxidation sites excluding steroid dienone is 1. The Labute approximate surface area is 73.4 Å². The fourth-order valence-corrected chi connectivity index (χ4v) is 0.776. The van der Waals surface area contributed by atoms with Gasteiger partial charge in [-0.25, -0.2) is 0 Å². The van der Waals surface area contributed by atoms with E-state index >= 15 is 0 Å². The molecule has 12 heavy (non-hydrogen) atoms. The van der Waals surface area contributed by atoms with Gasteiger partial charge < -0.3 is 9.47 Å². The molecule has 3 nitrogen and oxygen atoms in total. The largest absolute Gasteiger partial charge is 0.498 e. The number of rotatable bonds is 5. The normalized spacial score (nSPS) is 11.1. The fourth-order valence-electron chi connectivity index (χ4n) is 0.776. The lowest BCUT2D eigenvalue weighted by molar-refractivity contribution is -0.143. The van der Waals surface area contributed by atoms with Crippen LogP contribution in [0, 0.1) is 0 Å². The second kappa shape index (κ2) is 6.70. The van der Waals surface area contributed by atoms with Crippen molar-refractivity contribution in [2.24, 2.45) is 0 Å². The van der Waals surface area contributed by atoms with Crippen LogP contribution in [0.4, 0.5) is 0 Å². The minimum atomic E-state index is -0.237. The first-order chi connectivity index (χ1) is 5.74. The van der Waals surface area contributed by atoms with Gasteiger partial charge in [0.05, 0.1) is 13.2 Å². The van der Waals surface area contributed by atoms with Gasteiger partial charge in [-0.2, -0.15) is 0 Å². The molecule has 0 rings (SSSR count). The van der Waals surface area contributed by atoms with Crippen LogP contribution in [0.5, 0.6) is 0 Å². The Morgan fingerprint density at radius 3 is 2.25 bits per heavy atom. The number of carbonyl (C=O) groups excluding carboxylic acids is 1. The molecule has 0 heterocycles. The molecular weight excluding hydrogens is 156 g/mol. The lowest BCUT2D eigenvalue weighted by Gasteiger charge is -2.06. The van der Waals surface area contributed by atoms with Crippen molar-refractivity contribution in [2.75, 3.05) is 13.2 Å². The molecule has 70 valence electrons. The highest BCUT2D eigenvalue weighted by Gasteiger charge is 2.05. The third-order valence-corrected chi connectivity index (χ3v) is 1.28. The van der Waals surface area contributed by atoms with Gasteiger partial charge in [0, 0.05) is 0 Å². The van der Waals surface area contributed by atoms with E-state index in [1.54, 1.807) is 13.0 Å². The molecule has 0 saturated heterocycles. The highest BCUT2D eigenvalue weighted by atomic mass is 16.5. The van der Waals surface area contributed by atoms with Crippen LogP contribution in [-0.4, -0.2) is 19.2 Å². The van der Waals surface area contributed by atoms with E-state index in [-0.39, 0.29) is 12.4 Å². The maximum Gasteiger partial charge on any atom is 0.313 e. The molecule has 0 saturated carbocycles. The summed E-state index contributed by atoms with van der Waals surface area (Å²) in [5, 5.41) is 0. The number of ether oxygens (including phenoxy) is 2. The van der Waals surface area contributed by atoms with Crippen molar-refractivity contribution in [2.45, 2.75) is 27.2 Å². The number of hydrogen-bond acceptors (Lipinski definition) is 3. The maximum absolute atomic E-state index is 10.9. The quantitative estimate of drug-likeness (QED) is 0.469. The first-order valence-corrected chi connectivity index (χ1v) is 4.18. The molecule has 0 N–H and O–H groups in total. The molecule has 0 aromatic rings. The Morgan fingerprint density at radius 2 is 1.83 bits per heavy atom. The number of esters is 1. The molecule has 0 aromatic heterocycles. The summed E-state index contributed by atoms with van der Waals surface area (Å²) in [5.74, 6) is 0.440. The lowest BCUT2D eigenvalue weighted by atomic mass is 10.3. The van der Waals surface area contributed by atoms with Gasteiger partial charge in [-0.05, 0) is 26.8 Å². The monoisotopic (exact) mass is 172 g/mol. The van der Waals surface area contributed by atoms with Crippen molar-refractivity contribution in [1.29, 1.82) is 0 Å². The summed E-state index contributed by atoms with van der Waals surface area (Å²) in [6.45, 7) is 6.51. The van der Waals surface area contributed by atoms with Crippen LogP contribution < -0.4 is 0 Å². The van der Waals surface area contributed by atoms with E-state index in [9.17, 15) is 4.79 Å². The molecule has 3 heteroatoms. The van der Waals surface area contributed by atoms with Gasteiger partial charge in [0.25, 0.3) is 0 Å². The van der Waals surface area contributed by atoms with Crippen LogP contribution in [0.2, 0.25) is 0 Å². The predicted octanol–water partition coefficient (Wildman–Crippen LogP) is 1.88. The van der Waals surface area contributed by atoms with Crippen LogP contribution >= 0.6 is 0 Å². The third kappa shape index (κ3) is 4.77. The van der Waals surface area contributed by atoms with Crippen LogP contribution in [0.3, 0.4) is 0 Å². The molecule has 0 spiro atoms. The topological polar surface area (TPSA) is 35.5 Å². The fraction of sp³-hybridized carbons (Fsp3) is 0.667. The zero-order valence-corrected chi connectivity index (χ0v) is 7.92. The SMILES string of the molecule is CC=C(CC(=O)OCC)OCC. The molecule has 0 radical (unpaired) electrons. The Morgan fingerprint density at radius 1 is 1.25 bits per heavy atom. The molecule has 0 aliphatic rings. The molecule has 0 bridgehead atoms. The van der Waals surface area contributed by atoms with Crippen molar-refractivity contribution < 1.29 is 14.3 Å². The second-order valence-corrected chi connectivity index (χ2v) is 2.17. The van der Waals surface area contributed by atoms with Crippen LogP contribution in [0.25, 0.3) is 0 Å². The van der Waals surface area contributed by atoms with Crippen molar-refractivity contribution >= 4 is 5.97 Å². The summed E-state index contributed by atoms with van der Waals surface area (Å²) in [6, 6.07) is 0. The Bertz CT molecular complexity index is 161. The minimum absolute atomic E-state index is 0.234. The molecular formula is C9H16O3. The van der Waals surface area contributed by atoms with Gasteiger partial charge in [0.15, 0.2) is 0 Å². The van der Waals surface area contributed by atoms with Gasteiger partial charge in [-0.1, -0.05) is 0 Å². The van der Waals surface area contributed by atoms with E-state index in [4.69, 9.17) is 9.47 Å². The summed E-state index contributed by atoms with van der Waals surface area (Å²) in [6.07, 6.45) is 2.01. The van der Waals surface area contributed by atoms with Crippen molar-refractivity contribution in [1.82, 2.24) is 0 Å². The molecule has 0 amide bonds. The third-order valence-electron chi connectivity index (χ3n) is 1.28. The van der Waals surface area contributed by atoms with Crippen LogP contribution in [-0.2, 0) is 14.3 Å². The minimum Gasteiger partial charge on any atom is -0.498 e. The predicted molar refractivity (Wildman–Crippen MR) is 46.6 cm³/mol. The van der Waals surface area contributed by atoms with E-state index in [0.29, 0.717) is 19.0 Å². The average Bonchev–Trinajstić information content (AvgIpc) is 2.04. The lowest BCUT2D eigenvalue weighted by Crippen LogP contribution is -2.06. The maximum atomic E-state index is 10.9. The zero-order chi connectivity index (χ0) is 9.40. The number of hydrogen-bond donors (Lipinski definition) is 0. The zero-order valence-electron chi connectivity index (χ0n) is 7.92. The van der Waals surface area contributed by atoms with Crippen molar-refractivity contribution in [3.05, 3.63) is 11.8 Å². The van der Waals surface area contributed by atoms with Gasteiger partial charge in [-0.15, -0.1) is 0 Å². The van der Waals surface area contributed by atoms with Crippen LogP contribution in [0.1, 0.15) is 27.2 Å². The highest BCUT2D eigenvalue weighted by molar-refractivity contribution is 5.71. The van der Waals surface area contributed by atoms with E-state index in [2.05, 4.69) is 0 Å².